The second-order valence-electron chi connectivity index (χ2n) is 7.16. The van der Waals surface area contributed by atoms with Gasteiger partial charge in [-0.3, -0.25) is 14.6 Å². The van der Waals surface area contributed by atoms with Crippen molar-refractivity contribution >= 4 is 5.91 Å². The Bertz CT molecular complexity index is 1050. The van der Waals surface area contributed by atoms with E-state index in [0.717, 1.165) is 12.8 Å². The van der Waals surface area contributed by atoms with Crippen molar-refractivity contribution in [2.45, 2.75) is 25.7 Å². The molecule has 3 heterocycles. The second-order valence-corrected chi connectivity index (χ2v) is 7.16. The van der Waals surface area contributed by atoms with Gasteiger partial charge in [0.05, 0.1) is 0 Å². The first-order valence-electron chi connectivity index (χ1n) is 9.48. The largest absolute Gasteiger partial charge is 0.338 e. The predicted molar refractivity (Wildman–Crippen MR) is 107 cm³/mol. The number of piperidine rings is 1. The Morgan fingerprint density at radius 3 is 2.79 bits per heavy atom. The molecule has 6 heteroatoms. The molecule has 6 nitrogen and oxygen atoms in total. The van der Waals surface area contributed by atoms with Gasteiger partial charge < -0.3 is 9.88 Å². The Hall–Kier alpha value is -3.28. The lowest BCUT2D eigenvalue weighted by Gasteiger charge is -2.33. The molecule has 4 rings (SSSR count). The fraction of sp³-hybridized carbons (Fsp3) is 0.273. The number of benzene rings is 1. The van der Waals surface area contributed by atoms with Gasteiger partial charge in [0.25, 0.3) is 11.5 Å². The maximum absolute atomic E-state index is 13.0. The molecule has 1 aliphatic rings. The van der Waals surface area contributed by atoms with Gasteiger partial charge in [0.15, 0.2) is 0 Å². The molecule has 0 spiro atoms. The van der Waals surface area contributed by atoms with Gasteiger partial charge in [-0.15, -0.1) is 0 Å². The summed E-state index contributed by atoms with van der Waals surface area (Å²) in [4.78, 5) is 38.3. The zero-order valence-corrected chi connectivity index (χ0v) is 15.8. The zero-order chi connectivity index (χ0) is 19.5. The van der Waals surface area contributed by atoms with Crippen LogP contribution < -0.4 is 5.56 Å². The molecular weight excluding hydrogens is 352 g/mol. The van der Waals surface area contributed by atoms with Crippen LogP contribution in [0.3, 0.4) is 0 Å². The molecule has 0 bridgehead atoms. The number of amides is 1. The summed E-state index contributed by atoms with van der Waals surface area (Å²) >= 11 is 0. The third kappa shape index (κ3) is 3.58. The number of aryl methyl sites for hydroxylation is 1. The van der Waals surface area contributed by atoms with E-state index in [2.05, 4.69) is 34.0 Å². The van der Waals surface area contributed by atoms with Crippen LogP contribution in [0.1, 0.15) is 40.2 Å². The highest BCUT2D eigenvalue weighted by atomic mass is 16.2. The molecule has 0 unspecified atom stereocenters. The van der Waals surface area contributed by atoms with Gasteiger partial charge in [-0.1, -0.05) is 24.3 Å². The van der Waals surface area contributed by atoms with Gasteiger partial charge >= 0.3 is 0 Å². The summed E-state index contributed by atoms with van der Waals surface area (Å²) in [5.74, 6) is 0.441. The summed E-state index contributed by atoms with van der Waals surface area (Å²) in [6.07, 6.45) is 6.62. The summed E-state index contributed by atoms with van der Waals surface area (Å²) in [5, 5.41) is 0. The van der Waals surface area contributed by atoms with E-state index in [1.807, 2.05) is 18.2 Å². The van der Waals surface area contributed by atoms with Crippen LogP contribution in [-0.4, -0.2) is 38.8 Å². The number of hydrogen-bond donors (Lipinski definition) is 1. The summed E-state index contributed by atoms with van der Waals surface area (Å²) < 4.78 is 0. The number of aromatic amines is 1. The predicted octanol–water partition coefficient (Wildman–Crippen LogP) is 3.16. The van der Waals surface area contributed by atoms with Crippen LogP contribution in [0.4, 0.5) is 0 Å². The molecule has 1 aromatic carbocycles. The minimum absolute atomic E-state index is 0.0815. The number of H-pyrrole nitrogens is 1. The monoisotopic (exact) mass is 374 g/mol. The lowest BCUT2D eigenvalue weighted by atomic mass is 9.88. The van der Waals surface area contributed by atoms with Crippen LogP contribution >= 0.6 is 0 Å². The van der Waals surface area contributed by atoms with E-state index in [9.17, 15) is 9.59 Å². The quantitative estimate of drug-likeness (QED) is 0.764. The van der Waals surface area contributed by atoms with Gasteiger partial charge in [-0.25, -0.2) is 4.98 Å². The zero-order valence-electron chi connectivity index (χ0n) is 15.8. The molecule has 1 amide bonds. The van der Waals surface area contributed by atoms with Crippen LogP contribution in [0, 0.1) is 6.92 Å². The van der Waals surface area contributed by atoms with Crippen molar-refractivity contribution in [2.75, 3.05) is 13.1 Å². The molecule has 1 saturated heterocycles. The van der Waals surface area contributed by atoms with Crippen LogP contribution in [0.25, 0.3) is 11.4 Å². The SMILES string of the molecule is Cc1ccccc1[C@@H]1CCCN(C(=O)c2cnc(-c3cccnc3)[nH]c2=O)C1. The molecule has 1 atom stereocenters. The fourth-order valence-corrected chi connectivity index (χ4v) is 3.83. The topological polar surface area (TPSA) is 79.0 Å². The first-order valence-corrected chi connectivity index (χ1v) is 9.48. The number of hydrogen-bond acceptors (Lipinski definition) is 4. The number of carbonyl (C=O) groups is 1. The molecule has 3 aromatic rings. The number of nitrogens with zero attached hydrogens (tertiary/aromatic N) is 3. The standard InChI is InChI=1S/C22H22N4O2/c1-15-6-2-3-9-18(15)17-8-5-11-26(14-17)22(28)19-13-24-20(25-21(19)27)16-7-4-10-23-12-16/h2-4,6-7,9-10,12-13,17H,5,8,11,14H2,1H3,(H,24,25,27)/t17-/m1/s1. The van der Waals surface area contributed by atoms with Gasteiger partial charge in [-0.2, -0.15) is 0 Å². The van der Waals surface area contributed by atoms with Gasteiger partial charge in [-0.05, 0) is 43.0 Å². The molecule has 1 fully saturated rings. The van der Waals surface area contributed by atoms with Gasteiger partial charge in [0.1, 0.15) is 11.4 Å². The summed E-state index contributed by atoms with van der Waals surface area (Å²) in [6, 6.07) is 11.9. The van der Waals surface area contributed by atoms with E-state index < -0.39 is 5.56 Å². The van der Waals surface area contributed by atoms with Crippen molar-refractivity contribution in [3.05, 3.63) is 82.0 Å². The van der Waals surface area contributed by atoms with Gasteiger partial charge in [0, 0.05) is 43.2 Å². The number of likely N-dealkylation sites (tertiary alicyclic amines) is 1. The Balaban J connectivity index is 1.56. The fourth-order valence-electron chi connectivity index (χ4n) is 3.83. The van der Waals surface area contributed by atoms with Gasteiger partial charge in [0.2, 0.25) is 0 Å². The van der Waals surface area contributed by atoms with Crippen molar-refractivity contribution in [3.63, 3.8) is 0 Å². The van der Waals surface area contributed by atoms with Crippen molar-refractivity contribution in [2.24, 2.45) is 0 Å². The average molecular weight is 374 g/mol. The minimum Gasteiger partial charge on any atom is -0.338 e. The van der Waals surface area contributed by atoms with E-state index in [0.29, 0.717) is 30.4 Å². The van der Waals surface area contributed by atoms with Crippen LogP contribution in [0.2, 0.25) is 0 Å². The smallest absolute Gasteiger partial charge is 0.264 e. The molecule has 2 aromatic heterocycles. The molecule has 0 radical (unpaired) electrons. The average Bonchev–Trinajstić information content (AvgIpc) is 2.74. The van der Waals surface area contributed by atoms with Crippen molar-refractivity contribution in [1.29, 1.82) is 0 Å². The number of rotatable bonds is 3. The maximum Gasteiger partial charge on any atom is 0.264 e. The Kier molecular flexibility index (Phi) is 5.02. The van der Waals surface area contributed by atoms with Crippen LogP contribution in [-0.2, 0) is 0 Å². The Morgan fingerprint density at radius 2 is 2.04 bits per heavy atom. The number of carbonyl (C=O) groups excluding carboxylic acids is 1. The van der Waals surface area contributed by atoms with E-state index >= 15 is 0 Å². The third-order valence-corrected chi connectivity index (χ3v) is 5.30. The first kappa shape index (κ1) is 18.1. The van der Waals surface area contributed by atoms with Crippen molar-refractivity contribution in [3.8, 4) is 11.4 Å². The van der Waals surface area contributed by atoms with E-state index in [4.69, 9.17) is 0 Å². The molecule has 0 aliphatic carbocycles. The summed E-state index contributed by atoms with van der Waals surface area (Å²) in [7, 11) is 0. The highest BCUT2D eigenvalue weighted by Crippen LogP contribution is 2.29. The van der Waals surface area contributed by atoms with E-state index in [1.54, 1.807) is 23.4 Å². The molecule has 1 N–H and O–H groups in total. The second kappa shape index (κ2) is 7.76. The Labute approximate surface area is 163 Å². The summed E-state index contributed by atoms with van der Waals surface area (Å²) in [6.45, 7) is 3.38. The number of aromatic nitrogens is 3. The molecular formula is C22H22N4O2. The third-order valence-electron chi connectivity index (χ3n) is 5.30. The maximum atomic E-state index is 13.0. The lowest BCUT2D eigenvalue weighted by Crippen LogP contribution is -2.41. The van der Waals surface area contributed by atoms with Crippen molar-refractivity contribution < 1.29 is 4.79 Å². The highest BCUT2D eigenvalue weighted by Gasteiger charge is 2.27. The number of pyridine rings is 1. The van der Waals surface area contributed by atoms with Crippen LogP contribution in [0.5, 0.6) is 0 Å². The molecule has 28 heavy (non-hydrogen) atoms. The Morgan fingerprint density at radius 1 is 1.18 bits per heavy atom. The minimum atomic E-state index is -0.420. The summed E-state index contributed by atoms with van der Waals surface area (Å²) in [5.41, 5.74) is 2.88. The molecule has 142 valence electrons. The molecule has 1 aliphatic heterocycles. The highest BCUT2D eigenvalue weighted by molar-refractivity contribution is 5.93. The normalized spacial score (nSPS) is 16.8. The van der Waals surface area contributed by atoms with Crippen LogP contribution in [0.15, 0.2) is 59.8 Å². The number of nitrogens with one attached hydrogen (secondary N) is 1. The van der Waals surface area contributed by atoms with E-state index in [1.165, 1.54) is 17.3 Å². The lowest BCUT2D eigenvalue weighted by molar-refractivity contribution is 0.0704. The molecule has 0 saturated carbocycles. The first-order chi connectivity index (χ1) is 13.6. The van der Waals surface area contributed by atoms with Crippen molar-refractivity contribution in [1.82, 2.24) is 19.9 Å². The van der Waals surface area contributed by atoms with E-state index in [-0.39, 0.29) is 11.5 Å².